The maximum absolute atomic E-state index is 12.3. The maximum Gasteiger partial charge on any atom is 0.355 e. The van der Waals surface area contributed by atoms with E-state index in [9.17, 15) is 14.4 Å². The first kappa shape index (κ1) is 20.2. The smallest absolute Gasteiger partial charge is 0.355 e. The maximum atomic E-state index is 12.3. The van der Waals surface area contributed by atoms with Crippen LogP contribution in [0.15, 0.2) is 0 Å². The monoisotopic (exact) mass is 349 g/mol. The molecule has 1 heterocycles. The molecule has 0 aromatic carbocycles. The predicted molar refractivity (Wildman–Crippen MR) is 89.0 cm³/mol. The summed E-state index contributed by atoms with van der Waals surface area (Å²) < 4.78 is 9.98. The number of amides is 1. The van der Waals surface area contributed by atoms with E-state index in [2.05, 4.69) is 4.98 Å². The molecule has 0 radical (unpaired) electrons. The number of nitrogens with one attached hydrogen (secondary N) is 1. The number of H-pyrrole nitrogens is 1. The van der Waals surface area contributed by atoms with Gasteiger partial charge in [-0.25, -0.2) is 9.59 Å². The van der Waals surface area contributed by atoms with Gasteiger partial charge in [0.05, 0.1) is 18.2 Å². The van der Waals surface area contributed by atoms with Gasteiger partial charge in [0, 0.05) is 12.7 Å². The Hall–Kier alpha value is -2.82. The molecule has 136 valence electrons. The van der Waals surface area contributed by atoms with Crippen LogP contribution in [0.3, 0.4) is 0 Å². The Labute approximate surface area is 146 Å². The number of aromatic nitrogens is 1. The standard InChI is InChI=1S/C17H23N3O5/c1-7-24-16(23)14-10(2)13(11(3)19-14)15(22)25-8-12(21)20(6)17(4,5)9-18/h19H,7-8H2,1-6H3. The Bertz CT molecular complexity index is 727. The van der Waals surface area contributed by atoms with Crippen molar-refractivity contribution in [3.63, 3.8) is 0 Å². The highest BCUT2D eigenvalue weighted by Gasteiger charge is 2.29. The summed E-state index contributed by atoms with van der Waals surface area (Å²) in [5.74, 6) is -1.79. The lowest BCUT2D eigenvalue weighted by molar-refractivity contribution is -0.136. The molecule has 1 amide bonds. The topological polar surface area (TPSA) is 112 Å². The quantitative estimate of drug-likeness (QED) is 0.783. The molecule has 0 saturated heterocycles. The molecule has 0 aliphatic heterocycles. The van der Waals surface area contributed by atoms with Crippen LogP contribution < -0.4 is 0 Å². The van der Waals surface area contributed by atoms with Gasteiger partial charge in [0.15, 0.2) is 6.61 Å². The average Bonchev–Trinajstić information content (AvgIpc) is 2.86. The van der Waals surface area contributed by atoms with Crippen LogP contribution in [0.5, 0.6) is 0 Å². The van der Waals surface area contributed by atoms with Gasteiger partial charge in [0.25, 0.3) is 5.91 Å². The molecule has 0 spiro atoms. The Balaban J connectivity index is 2.88. The minimum atomic E-state index is -1.01. The normalized spacial score (nSPS) is 10.8. The molecule has 0 saturated carbocycles. The van der Waals surface area contributed by atoms with Crippen LogP contribution in [-0.2, 0) is 14.3 Å². The lowest BCUT2D eigenvalue weighted by atomic mass is 10.1. The van der Waals surface area contributed by atoms with Crippen molar-refractivity contribution in [1.82, 2.24) is 9.88 Å². The summed E-state index contributed by atoms with van der Waals surface area (Å²) in [5.41, 5.74) is 0.210. The molecule has 0 fully saturated rings. The molecular formula is C17H23N3O5. The Morgan fingerprint density at radius 2 is 1.80 bits per heavy atom. The highest BCUT2D eigenvalue weighted by Crippen LogP contribution is 2.20. The predicted octanol–water partition coefficient (Wildman–Crippen LogP) is 1.73. The molecular weight excluding hydrogens is 326 g/mol. The summed E-state index contributed by atoms with van der Waals surface area (Å²) in [4.78, 5) is 40.2. The van der Waals surface area contributed by atoms with Gasteiger partial charge in [-0.1, -0.05) is 0 Å². The van der Waals surface area contributed by atoms with E-state index in [-0.39, 0.29) is 17.9 Å². The van der Waals surface area contributed by atoms with E-state index >= 15 is 0 Å². The van der Waals surface area contributed by atoms with Crippen molar-refractivity contribution < 1.29 is 23.9 Å². The van der Waals surface area contributed by atoms with Crippen molar-refractivity contribution in [3.8, 4) is 6.07 Å². The van der Waals surface area contributed by atoms with Gasteiger partial charge in [-0.15, -0.1) is 0 Å². The van der Waals surface area contributed by atoms with Crippen LogP contribution >= 0.6 is 0 Å². The number of hydrogen-bond acceptors (Lipinski definition) is 6. The van der Waals surface area contributed by atoms with Crippen molar-refractivity contribution in [2.24, 2.45) is 0 Å². The Kier molecular flexibility index (Phi) is 6.34. The third-order valence-electron chi connectivity index (χ3n) is 3.93. The second-order valence-corrected chi connectivity index (χ2v) is 6.05. The van der Waals surface area contributed by atoms with E-state index in [1.54, 1.807) is 34.6 Å². The van der Waals surface area contributed by atoms with E-state index in [0.717, 1.165) is 0 Å². The van der Waals surface area contributed by atoms with Crippen molar-refractivity contribution in [1.29, 1.82) is 5.26 Å². The van der Waals surface area contributed by atoms with Gasteiger partial charge < -0.3 is 19.4 Å². The number of nitriles is 1. The SMILES string of the molecule is CCOC(=O)c1[nH]c(C)c(C(=O)OCC(=O)N(C)C(C)(C)C#N)c1C. The molecule has 1 N–H and O–H groups in total. The molecule has 0 aliphatic carbocycles. The van der Waals surface area contributed by atoms with Crippen molar-refractivity contribution in [3.05, 3.63) is 22.5 Å². The molecule has 8 nitrogen and oxygen atoms in total. The van der Waals surface area contributed by atoms with Gasteiger partial charge in [-0.05, 0) is 40.2 Å². The largest absolute Gasteiger partial charge is 0.461 e. The molecule has 25 heavy (non-hydrogen) atoms. The fourth-order valence-electron chi connectivity index (χ4n) is 2.15. The lowest BCUT2D eigenvalue weighted by Gasteiger charge is -2.28. The highest BCUT2D eigenvalue weighted by atomic mass is 16.5. The van der Waals surface area contributed by atoms with Gasteiger partial charge in [-0.2, -0.15) is 5.26 Å². The third kappa shape index (κ3) is 4.38. The second-order valence-electron chi connectivity index (χ2n) is 6.05. The van der Waals surface area contributed by atoms with Crippen LogP contribution in [0.2, 0.25) is 0 Å². The minimum Gasteiger partial charge on any atom is -0.461 e. The number of likely N-dealkylation sites (N-methyl/N-ethyl adjacent to an activating group) is 1. The summed E-state index contributed by atoms with van der Waals surface area (Å²) in [6.45, 7) is 7.78. The van der Waals surface area contributed by atoms with E-state index in [0.29, 0.717) is 11.3 Å². The lowest BCUT2D eigenvalue weighted by Crippen LogP contribution is -2.45. The van der Waals surface area contributed by atoms with Crippen LogP contribution in [0.1, 0.15) is 52.9 Å². The number of aryl methyl sites for hydroxylation is 1. The number of carbonyl (C=O) groups excluding carboxylic acids is 3. The minimum absolute atomic E-state index is 0.181. The van der Waals surface area contributed by atoms with Gasteiger partial charge in [0.2, 0.25) is 0 Å². The molecule has 0 unspecified atom stereocenters. The fraction of sp³-hybridized carbons (Fsp3) is 0.529. The van der Waals surface area contributed by atoms with Crippen LogP contribution in [0, 0.1) is 25.2 Å². The number of aromatic amines is 1. The van der Waals surface area contributed by atoms with Crippen molar-refractivity contribution in [2.45, 2.75) is 40.2 Å². The molecule has 1 aromatic rings. The number of rotatable bonds is 6. The summed E-state index contributed by atoms with van der Waals surface area (Å²) in [5, 5.41) is 9.04. The third-order valence-corrected chi connectivity index (χ3v) is 3.93. The van der Waals surface area contributed by atoms with Crippen molar-refractivity contribution in [2.75, 3.05) is 20.3 Å². The van der Waals surface area contributed by atoms with Crippen LogP contribution in [0.4, 0.5) is 0 Å². The number of hydrogen-bond donors (Lipinski definition) is 1. The Morgan fingerprint density at radius 3 is 2.32 bits per heavy atom. The van der Waals surface area contributed by atoms with Gasteiger partial charge >= 0.3 is 11.9 Å². The highest BCUT2D eigenvalue weighted by molar-refractivity contribution is 5.99. The molecule has 0 atom stereocenters. The van der Waals surface area contributed by atoms with Crippen molar-refractivity contribution >= 4 is 17.8 Å². The molecule has 1 rings (SSSR count). The molecule has 1 aromatic heterocycles. The summed E-state index contributed by atoms with van der Waals surface area (Å²) in [6, 6.07) is 2.00. The second kappa shape index (κ2) is 7.83. The first-order chi connectivity index (χ1) is 11.6. The van der Waals surface area contributed by atoms with Crippen LogP contribution in [-0.4, -0.2) is 53.5 Å². The van der Waals surface area contributed by atoms with E-state index < -0.39 is 30.0 Å². The summed E-state index contributed by atoms with van der Waals surface area (Å²) >= 11 is 0. The van der Waals surface area contributed by atoms with Gasteiger partial charge in [-0.3, -0.25) is 4.79 Å². The average molecular weight is 349 g/mol. The summed E-state index contributed by atoms with van der Waals surface area (Å²) in [6.07, 6.45) is 0. The number of ether oxygens (including phenoxy) is 2. The zero-order valence-electron chi connectivity index (χ0n) is 15.3. The fourth-order valence-corrected chi connectivity index (χ4v) is 2.15. The van der Waals surface area contributed by atoms with Crippen LogP contribution in [0.25, 0.3) is 0 Å². The first-order valence-electron chi connectivity index (χ1n) is 7.78. The molecule has 0 aliphatic rings. The van der Waals surface area contributed by atoms with E-state index in [1.807, 2.05) is 6.07 Å². The van der Waals surface area contributed by atoms with E-state index in [4.69, 9.17) is 14.7 Å². The number of carbonyl (C=O) groups is 3. The first-order valence-corrected chi connectivity index (χ1v) is 7.78. The zero-order chi connectivity index (χ0) is 19.4. The number of nitrogens with zero attached hydrogens (tertiary/aromatic N) is 2. The zero-order valence-corrected chi connectivity index (χ0v) is 15.3. The van der Waals surface area contributed by atoms with Gasteiger partial charge in [0.1, 0.15) is 11.2 Å². The number of esters is 2. The molecule has 0 bridgehead atoms. The van der Waals surface area contributed by atoms with E-state index in [1.165, 1.54) is 11.9 Å². The summed E-state index contributed by atoms with van der Waals surface area (Å²) in [7, 11) is 1.46. The Morgan fingerprint density at radius 1 is 1.20 bits per heavy atom. The molecule has 8 heteroatoms.